The van der Waals surface area contributed by atoms with E-state index in [0.717, 1.165) is 0 Å². The molecule has 2 atom stereocenters. The van der Waals surface area contributed by atoms with E-state index >= 15 is 0 Å². The predicted molar refractivity (Wildman–Crippen MR) is 112 cm³/mol. The summed E-state index contributed by atoms with van der Waals surface area (Å²) < 4.78 is 5.06. The Morgan fingerprint density at radius 3 is 2.34 bits per heavy atom. The summed E-state index contributed by atoms with van der Waals surface area (Å²) in [6.45, 7) is 5.85. The average Bonchev–Trinajstić information content (AvgIpc) is 3.07. The summed E-state index contributed by atoms with van der Waals surface area (Å²) in [5.41, 5.74) is -1.98. The van der Waals surface area contributed by atoms with Gasteiger partial charge in [-0.1, -0.05) is 20.8 Å². The van der Waals surface area contributed by atoms with Crippen molar-refractivity contribution in [3.63, 3.8) is 0 Å². The normalized spacial score (nSPS) is 24.2. The Hall–Kier alpha value is -4.05. The second-order valence-electron chi connectivity index (χ2n) is 8.80. The highest BCUT2D eigenvalue weighted by Gasteiger charge is 2.73. The molecule has 1 N–H and O–H groups in total. The van der Waals surface area contributed by atoms with Crippen molar-refractivity contribution in [3.05, 3.63) is 51.1 Å². The maximum atomic E-state index is 13.8. The van der Waals surface area contributed by atoms with Crippen LogP contribution < -0.4 is 10.1 Å². The predicted octanol–water partition coefficient (Wildman–Crippen LogP) is 3.10. The van der Waals surface area contributed by atoms with Gasteiger partial charge in [0, 0.05) is 5.41 Å². The summed E-state index contributed by atoms with van der Waals surface area (Å²) >= 11 is 0. The van der Waals surface area contributed by atoms with Crippen LogP contribution in [0.3, 0.4) is 0 Å². The highest BCUT2D eigenvalue weighted by molar-refractivity contribution is 6.03. The van der Waals surface area contributed by atoms with Crippen LogP contribution in [0.5, 0.6) is 5.75 Å². The Labute approximate surface area is 184 Å². The third kappa shape index (κ3) is 2.41. The van der Waals surface area contributed by atoms with E-state index in [9.17, 15) is 25.4 Å². The lowest BCUT2D eigenvalue weighted by Crippen LogP contribution is -2.48. The van der Waals surface area contributed by atoms with Crippen LogP contribution in [0.4, 0.5) is 11.4 Å². The maximum absolute atomic E-state index is 13.8. The molecule has 1 fully saturated rings. The van der Waals surface area contributed by atoms with Gasteiger partial charge < -0.3 is 10.1 Å². The van der Waals surface area contributed by atoms with E-state index in [1.165, 1.54) is 25.3 Å². The van der Waals surface area contributed by atoms with E-state index in [4.69, 9.17) is 4.74 Å². The zero-order chi connectivity index (χ0) is 23.5. The molecule has 4 rings (SSSR count). The first-order chi connectivity index (χ1) is 15.1. The minimum atomic E-state index is -1.17. The zero-order valence-electron chi connectivity index (χ0n) is 18.0. The molecule has 0 saturated heterocycles. The van der Waals surface area contributed by atoms with Crippen LogP contribution in [-0.2, 0) is 15.6 Å². The number of methoxy groups -OCH3 is 1. The molecule has 2 aromatic rings. The lowest BCUT2D eigenvalue weighted by atomic mass is 9.63. The molecule has 2 aliphatic carbocycles. The number of rotatable bonds is 4. The van der Waals surface area contributed by atoms with Gasteiger partial charge in [0.25, 0.3) is 5.69 Å². The van der Waals surface area contributed by atoms with E-state index in [0.29, 0.717) is 30.0 Å². The molecule has 162 valence electrons. The minimum absolute atomic E-state index is 0.0372. The minimum Gasteiger partial charge on any atom is -0.496 e. The SMILES string of the molecule is COc1ccc(NC(=O)C23CCC(C)(c4nc(C#N)c(C#N)nc42)C3(C)C)c([N+](=O)[O-])c1. The first-order valence-electron chi connectivity index (χ1n) is 9.94. The van der Waals surface area contributed by atoms with Crippen LogP contribution in [0.15, 0.2) is 18.2 Å². The van der Waals surface area contributed by atoms with E-state index in [2.05, 4.69) is 15.3 Å². The Morgan fingerprint density at radius 2 is 1.78 bits per heavy atom. The molecule has 0 aliphatic heterocycles. The van der Waals surface area contributed by atoms with Crippen LogP contribution in [-0.4, -0.2) is 27.9 Å². The van der Waals surface area contributed by atoms with Crippen molar-refractivity contribution in [2.45, 2.75) is 44.4 Å². The number of carbonyl (C=O) groups is 1. The third-order valence-corrected chi connectivity index (χ3v) is 7.52. The van der Waals surface area contributed by atoms with Gasteiger partial charge in [-0.3, -0.25) is 14.9 Å². The smallest absolute Gasteiger partial charge is 0.296 e. The Balaban J connectivity index is 1.88. The third-order valence-electron chi connectivity index (χ3n) is 7.52. The van der Waals surface area contributed by atoms with Gasteiger partial charge in [0.05, 0.1) is 34.9 Å². The lowest BCUT2D eigenvalue weighted by Gasteiger charge is -2.39. The maximum Gasteiger partial charge on any atom is 0.296 e. The Morgan fingerprint density at radius 1 is 1.16 bits per heavy atom. The fourth-order valence-electron chi connectivity index (χ4n) is 5.26. The van der Waals surface area contributed by atoms with Crippen LogP contribution in [0.2, 0.25) is 0 Å². The molecule has 2 bridgehead atoms. The Bertz CT molecular complexity index is 1270. The van der Waals surface area contributed by atoms with E-state index in [-0.39, 0.29) is 22.8 Å². The molecule has 2 unspecified atom stereocenters. The van der Waals surface area contributed by atoms with E-state index in [1.807, 2.05) is 32.9 Å². The van der Waals surface area contributed by atoms with Gasteiger partial charge in [-0.2, -0.15) is 10.5 Å². The van der Waals surface area contributed by atoms with Crippen molar-refractivity contribution in [3.8, 4) is 17.9 Å². The molecule has 10 heteroatoms. The van der Waals surface area contributed by atoms with Gasteiger partial charge in [0.15, 0.2) is 11.4 Å². The quantitative estimate of drug-likeness (QED) is 0.571. The van der Waals surface area contributed by atoms with Crippen molar-refractivity contribution >= 4 is 17.3 Å². The average molecular weight is 432 g/mol. The van der Waals surface area contributed by atoms with Gasteiger partial charge in [0.2, 0.25) is 5.91 Å². The van der Waals surface area contributed by atoms with Crippen molar-refractivity contribution in [2.75, 3.05) is 12.4 Å². The molecule has 0 radical (unpaired) electrons. The number of hydrogen-bond acceptors (Lipinski definition) is 8. The van der Waals surface area contributed by atoms with Gasteiger partial charge in [-0.15, -0.1) is 0 Å². The van der Waals surface area contributed by atoms with Gasteiger partial charge >= 0.3 is 0 Å². The number of benzene rings is 1. The topological polar surface area (TPSA) is 155 Å². The molecule has 0 spiro atoms. The largest absolute Gasteiger partial charge is 0.496 e. The van der Waals surface area contributed by atoms with E-state index < -0.39 is 27.1 Å². The highest BCUT2D eigenvalue weighted by atomic mass is 16.6. The molecule has 1 heterocycles. The number of hydrogen-bond donors (Lipinski definition) is 1. The van der Waals surface area contributed by atoms with Crippen molar-refractivity contribution in [1.82, 2.24) is 9.97 Å². The number of aromatic nitrogens is 2. The first-order valence-corrected chi connectivity index (χ1v) is 9.94. The fraction of sp³-hybridized carbons (Fsp3) is 0.409. The number of ether oxygens (including phenoxy) is 1. The number of carbonyl (C=O) groups excluding carboxylic acids is 1. The first kappa shape index (κ1) is 21.2. The molecular formula is C22H20N6O4. The van der Waals surface area contributed by atoms with Crippen LogP contribution >= 0.6 is 0 Å². The molecule has 1 aromatic heterocycles. The summed E-state index contributed by atoms with van der Waals surface area (Å²) in [4.78, 5) is 33.7. The van der Waals surface area contributed by atoms with E-state index in [1.54, 1.807) is 0 Å². The lowest BCUT2D eigenvalue weighted by molar-refractivity contribution is -0.384. The number of anilines is 1. The number of nitrogens with zero attached hydrogens (tertiary/aromatic N) is 5. The van der Waals surface area contributed by atoms with Gasteiger partial charge in [-0.05, 0) is 30.4 Å². The van der Waals surface area contributed by atoms with Crippen LogP contribution in [0.1, 0.15) is 56.4 Å². The second kappa shape index (κ2) is 6.72. The summed E-state index contributed by atoms with van der Waals surface area (Å²) in [7, 11) is 1.40. The molecular weight excluding hydrogens is 412 g/mol. The van der Waals surface area contributed by atoms with Crippen LogP contribution in [0.25, 0.3) is 0 Å². The molecule has 1 aromatic carbocycles. The number of fused-ring (bicyclic) bond motifs is 5. The van der Waals surface area contributed by atoms with Crippen LogP contribution in [0, 0.1) is 38.2 Å². The highest BCUT2D eigenvalue weighted by Crippen LogP contribution is 2.70. The van der Waals surface area contributed by atoms with Crippen molar-refractivity contribution in [2.24, 2.45) is 5.41 Å². The number of nitriles is 2. The number of nitro benzene ring substituents is 1. The van der Waals surface area contributed by atoms with Crippen molar-refractivity contribution < 1.29 is 14.5 Å². The second-order valence-corrected chi connectivity index (χ2v) is 8.80. The summed E-state index contributed by atoms with van der Waals surface area (Å²) in [5, 5.41) is 33.2. The zero-order valence-corrected chi connectivity index (χ0v) is 18.0. The monoisotopic (exact) mass is 432 g/mol. The summed E-state index contributed by atoms with van der Waals surface area (Å²) in [5.74, 6) is -0.164. The molecule has 32 heavy (non-hydrogen) atoms. The van der Waals surface area contributed by atoms with Crippen molar-refractivity contribution in [1.29, 1.82) is 10.5 Å². The van der Waals surface area contributed by atoms with Gasteiger partial charge in [0.1, 0.15) is 23.6 Å². The molecule has 2 aliphatic rings. The van der Waals surface area contributed by atoms with Gasteiger partial charge in [-0.25, -0.2) is 9.97 Å². The number of amides is 1. The fourth-order valence-corrected chi connectivity index (χ4v) is 5.26. The summed E-state index contributed by atoms with van der Waals surface area (Å²) in [6, 6.07) is 7.99. The number of nitro groups is 1. The molecule has 10 nitrogen and oxygen atoms in total. The summed E-state index contributed by atoms with van der Waals surface area (Å²) in [6.07, 6.45) is 1.06. The standard InChI is InChI=1S/C22H20N6O4/c1-20(2)21(3)7-8-22(20,18-17(21)25-14(10-23)15(11-24)26-18)19(29)27-13-6-5-12(32-4)9-16(13)28(30)31/h5-6,9H,7-8H2,1-4H3,(H,27,29). The molecule has 1 saturated carbocycles. The number of nitrogens with one attached hydrogen (secondary N) is 1. The molecule has 1 amide bonds. The Kier molecular flexibility index (Phi) is 4.45.